The van der Waals surface area contributed by atoms with Gasteiger partial charge >= 0.3 is 30.1 Å². The van der Waals surface area contributed by atoms with Gasteiger partial charge in [-0.25, -0.2) is 9.59 Å². The molecule has 1 saturated heterocycles. The number of aliphatic carboxylic acids is 1. The van der Waals surface area contributed by atoms with E-state index in [1.54, 1.807) is 12.1 Å². The SMILES string of the molecule is CC(=O)O[C@@H](CC(=O)OC1=CC[C@@]2(O)[C@H]3Cc4ccc(CO)c5c4[C@@]2(CCN3C)[C@H]1O5)C(=O)O[C@@H](C)C(=O)O.O=CC(F)(F)F. The highest BCUT2D eigenvalue weighted by atomic mass is 19.4. The summed E-state index contributed by atoms with van der Waals surface area (Å²) in [5.41, 5.74) is 0.256. The lowest BCUT2D eigenvalue weighted by molar-refractivity contribution is -0.179. The molecule has 0 aromatic heterocycles. The van der Waals surface area contributed by atoms with Crippen LogP contribution in [0.3, 0.4) is 0 Å². The molecule has 2 bridgehead atoms. The van der Waals surface area contributed by atoms with Crippen molar-refractivity contribution in [3.05, 3.63) is 40.7 Å². The molecule has 13 nitrogen and oxygen atoms in total. The number of piperidine rings is 1. The zero-order valence-corrected chi connectivity index (χ0v) is 24.5. The molecule has 1 aromatic carbocycles. The van der Waals surface area contributed by atoms with Crippen molar-refractivity contribution in [2.24, 2.45) is 0 Å². The van der Waals surface area contributed by atoms with Crippen LogP contribution in [0.1, 0.15) is 49.8 Å². The Balaban J connectivity index is 0.000000700. The van der Waals surface area contributed by atoms with Crippen molar-refractivity contribution in [2.75, 3.05) is 13.6 Å². The highest BCUT2D eigenvalue weighted by Gasteiger charge is 2.71. The van der Waals surface area contributed by atoms with Crippen molar-refractivity contribution >= 4 is 30.2 Å². The summed E-state index contributed by atoms with van der Waals surface area (Å²) in [6, 6.07) is 3.54. The minimum absolute atomic E-state index is 0.148. The first-order chi connectivity index (χ1) is 21.0. The Bertz CT molecular complexity index is 1430. The second-order valence-corrected chi connectivity index (χ2v) is 11.3. The summed E-state index contributed by atoms with van der Waals surface area (Å²) in [6.07, 6.45) is -7.63. The molecule has 2 aliphatic heterocycles. The number of nitrogens with zero attached hydrogens (tertiary/aromatic N) is 1. The number of hydrogen-bond acceptors (Lipinski definition) is 12. The maximum absolute atomic E-state index is 13.0. The Kier molecular flexibility index (Phi) is 9.33. The van der Waals surface area contributed by atoms with Gasteiger partial charge in [0.1, 0.15) is 11.5 Å². The van der Waals surface area contributed by atoms with Gasteiger partial charge in [-0.15, -0.1) is 0 Å². The number of aldehydes is 1. The van der Waals surface area contributed by atoms with Crippen LogP contribution in [-0.4, -0.2) is 100 Å². The summed E-state index contributed by atoms with van der Waals surface area (Å²) in [4.78, 5) is 58.9. The smallest absolute Gasteiger partial charge is 0.446 e. The molecule has 3 N–H and O–H groups in total. The number of likely N-dealkylation sites (N-methyl/N-ethyl adjacent to an activating group) is 1. The number of aliphatic hydroxyl groups is 2. The van der Waals surface area contributed by atoms with Gasteiger partial charge < -0.3 is 39.2 Å². The lowest BCUT2D eigenvalue weighted by atomic mass is 9.50. The molecule has 1 aromatic rings. The van der Waals surface area contributed by atoms with Crippen LogP contribution in [-0.2, 0) is 56.6 Å². The van der Waals surface area contributed by atoms with Crippen LogP contribution in [0.15, 0.2) is 24.0 Å². The molecule has 2 aliphatic carbocycles. The zero-order valence-electron chi connectivity index (χ0n) is 24.5. The largest absolute Gasteiger partial charge is 0.481 e. The first kappa shape index (κ1) is 33.9. The maximum Gasteiger partial charge on any atom is 0.446 e. The molecule has 16 heteroatoms. The number of carbonyl (C=O) groups excluding carboxylic acids is 4. The number of esters is 3. The predicted molar refractivity (Wildman–Crippen MR) is 142 cm³/mol. The third-order valence-corrected chi connectivity index (χ3v) is 8.56. The minimum Gasteiger partial charge on any atom is -0.481 e. The summed E-state index contributed by atoms with van der Waals surface area (Å²) >= 11 is 0. The average molecular weight is 644 g/mol. The number of halogens is 3. The monoisotopic (exact) mass is 643 g/mol. The molecule has 0 radical (unpaired) electrons. The Morgan fingerprint density at radius 3 is 2.47 bits per heavy atom. The van der Waals surface area contributed by atoms with Crippen molar-refractivity contribution in [3.8, 4) is 5.75 Å². The molecule has 0 unspecified atom stereocenters. The van der Waals surface area contributed by atoms with E-state index in [1.165, 1.54) is 0 Å². The van der Waals surface area contributed by atoms with E-state index in [1.807, 2.05) is 13.1 Å². The fourth-order valence-electron chi connectivity index (χ4n) is 6.63. The number of carboxylic acids is 1. The van der Waals surface area contributed by atoms with Gasteiger partial charge in [0.2, 0.25) is 12.4 Å². The van der Waals surface area contributed by atoms with Crippen molar-refractivity contribution in [2.45, 2.75) is 87.7 Å². The third-order valence-electron chi connectivity index (χ3n) is 8.56. The number of likely N-dealkylation sites (tertiary alicyclic amines) is 1. The van der Waals surface area contributed by atoms with E-state index >= 15 is 0 Å². The third kappa shape index (κ3) is 6.13. The van der Waals surface area contributed by atoms with E-state index in [4.69, 9.17) is 28.8 Å². The predicted octanol–water partition coefficient (Wildman–Crippen LogP) is 1.09. The van der Waals surface area contributed by atoms with Crippen molar-refractivity contribution in [3.63, 3.8) is 0 Å². The molecule has 246 valence electrons. The Morgan fingerprint density at radius 2 is 1.89 bits per heavy atom. The van der Waals surface area contributed by atoms with Crippen molar-refractivity contribution < 1.29 is 71.4 Å². The van der Waals surface area contributed by atoms with Gasteiger partial charge in [0, 0.05) is 30.5 Å². The number of carboxylic acid groups (broad SMARTS) is 1. The highest BCUT2D eigenvalue weighted by Crippen LogP contribution is 2.64. The Labute approximate surface area is 254 Å². The van der Waals surface area contributed by atoms with Crippen LogP contribution in [0.5, 0.6) is 5.75 Å². The van der Waals surface area contributed by atoms with E-state index in [2.05, 4.69) is 4.90 Å². The van der Waals surface area contributed by atoms with Gasteiger partial charge in [0.05, 0.1) is 24.0 Å². The Hall–Kier alpha value is -4.02. The van der Waals surface area contributed by atoms with Gasteiger partial charge in [0.15, 0.2) is 12.2 Å². The normalized spacial score (nSPS) is 27.2. The fraction of sp³-hybridized carbons (Fsp3) is 0.552. The second-order valence-electron chi connectivity index (χ2n) is 11.3. The van der Waals surface area contributed by atoms with Crippen LogP contribution in [0, 0.1) is 0 Å². The second kappa shape index (κ2) is 12.4. The molecule has 45 heavy (non-hydrogen) atoms. The Morgan fingerprint density at radius 1 is 1.22 bits per heavy atom. The molecule has 6 atom stereocenters. The highest BCUT2D eigenvalue weighted by molar-refractivity contribution is 5.86. The van der Waals surface area contributed by atoms with Crippen molar-refractivity contribution in [1.29, 1.82) is 0 Å². The molecule has 2 heterocycles. The van der Waals surface area contributed by atoms with Gasteiger partial charge in [-0.05, 0) is 45.0 Å². The molecule has 1 fully saturated rings. The molecule has 0 saturated carbocycles. The number of hydrogen-bond donors (Lipinski definition) is 3. The molecular formula is C29H32F3NO12. The molecule has 0 amide bonds. The molecular weight excluding hydrogens is 611 g/mol. The lowest BCUT2D eigenvalue weighted by Crippen LogP contribution is -2.74. The molecule has 1 spiro atoms. The van der Waals surface area contributed by atoms with E-state index in [-0.39, 0.29) is 24.8 Å². The molecule has 5 rings (SSSR count). The number of alkyl halides is 3. The number of benzene rings is 1. The van der Waals surface area contributed by atoms with Crippen molar-refractivity contribution in [1.82, 2.24) is 4.90 Å². The number of carbonyl (C=O) groups is 5. The van der Waals surface area contributed by atoms with E-state index in [0.29, 0.717) is 30.7 Å². The van der Waals surface area contributed by atoms with Crippen LogP contribution in [0.2, 0.25) is 0 Å². The summed E-state index contributed by atoms with van der Waals surface area (Å²) in [7, 11) is 1.97. The van der Waals surface area contributed by atoms with Crippen LogP contribution in [0.25, 0.3) is 0 Å². The quantitative estimate of drug-likeness (QED) is 0.208. The number of aliphatic hydroxyl groups excluding tert-OH is 1. The van der Waals surface area contributed by atoms with Gasteiger partial charge in [0.25, 0.3) is 0 Å². The van der Waals surface area contributed by atoms with Gasteiger partial charge in [-0.1, -0.05) is 12.1 Å². The maximum atomic E-state index is 13.0. The number of ether oxygens (including phenoxy) is 4. The lowest BCUT2D eigenvalue weighted by Gasteiger charge is -2.61. The minimum atomic E-state index is -4.64. The molecule has 4 aliphatic rings. The average Bonchev–Trinajstić information content (AvgIpc) is 3.31. The summed E-state index contributed by atoms with van der Waals surface area (Å²) in [5.74, 6) is -3.78. The summed E-state index contributed by atoms with van der Waals surface area (Å²) in [6.45, 7) is 2.56. The fourth-order valence-corrected chi connectivity index (χ4v) is 6.63. The van der Waals surface area contributed by atoms with Crippen LogP contribution in [0.4, 0.5) is 13.2 Å². The van der Waals surface area contributed by atoms with Gasteiger partial charge in [-0.3, -0.25) is 14.4 Å². The topological polar surface area (TPSA) is 186 Å². The summed E-state index contributed by atoms with van der Waals surface area (Å²) in [5, 5.41) is 31.2. The van der Waals surface area contributed by atoms with E-state index in [9.17, 15) is 42.6 Å². The van der Waals surface area contributed by atoms with Crippen LogP contribution >= 0.6 is 0 Å². The first-order valence-corrected chi connectivity index (χ1v) is 13.9. The van der Waals surface area contributed by atoms with Crippen LogP contribution < -0.4 is 4.74 Å². The standard InChI is InChI=1S/C27H31NO11.C2HF3O/c1-13(24(32)33)36-25(34)18(37-14(2)30)11-20(31)38-17-6-7-27(35)19-10-15-4-5-16(12-29)22-21(15)26(27,23(17)39-22)8-9-28(19)3;3-2(4,5)1-6/h4-6,13,18-19,23,29,35H,7-12H2,1-3H3,(H,32,33);1H/t13-,18-,19+,23-,26-,27+;/m0./s1. The number of rotatable bonds is 8. The van der Waals surface area contributed by atoms with Gasteiger partial charge in [-0.2, -0.15) is 13.2 Å². The summed E-state index contributed by atoms with van der Waals surface area (Å²) < 4.78 is 53.0. The zero-order chi connectivity index (χ0) is 33.5. The van der Waals surface area contributed by atoms with E-state index in [0.717, 1.165) is 25.0 Å². The van der Waals surface area contributed by atoms with E-state index < -0.39 is 72.1 Å². The first-order valence-electron chi connectivity index (χ1n) is 13.9.